The second-order valence-corrected chi connectivity index (χ2v) is 4.31. The SMILES string of the molecule is CCN(CC)C(=O)CNc1nc(C)c(C)nc1Cl. The van der Waals surface area contributed by atoms with Crippen LogP contribution in [0.3, 0.4) is 0 Å². The fourth-order valence-corrected chi connectivity index (χ4v) is 1.77. The number of carbonyl (C=O) groups is 1. The minimum atomic E-state index is 0.0242. The lowest BCUT2D eigenvalue weighted by Gasteiger charge is -2.19. The minimum Gasteiger partial charge on any atom is -0.358 e. The number of aryl methyl sites for hydroxylation is 2. The van der Waals surface area contributed by atoms with Gasteiger partial charge in [0.15, 0.2) is 11.0 Å². The quantitative estimate of drug-likeness (QED) is 0.889. The van der Waals surface area contributed by atoms with Crippen LogP contribution in [0.25, 0.3) is 0 Å². The number of likely N-dealkylation sites (N-methyl/N-ethyl adjacent to an activating group) is 1. The molecule has 0 aromatic carbocycles. The summed E-state index contributed by atoms with van der Waals surface area (Å²) < 4.78 is 0. The zero-order valence-corrected chi connectivity index (χ0v) is 12.0. The maximum absolute atomic E-state index is 11.8. The predicted octanol–water partition coefficient (Wildman–Crippen LogP) is 2.03. The Morgan fingerprint density at radius 1 is 1.22 bits per heavy atom. The van der Waals surface area contributed by atoms with E-state index >= 15 is 0 Å². The van der Waals surface area contributed by atoms with Crippen molar-refractivity contribution in [1.29, 1.82) is 0 Å². The normalized spacial score (nSPS) is 10.3. The standard InChI is InChI=1S/C12H19ClN4O/c1-5-17(6-2)10(18)7-14-12-11(13)15-8(3)9(4)16-12/h5-7H2,1-4H3,(H,14,16). The number of hydrogen-bond donors (Lipinski definition) is 1. The van der Waals surface area contributed by atoms with Gasteiger partial charge in [0.25, 0.3) is 0 Å². The van der Waals surface area contributed by atoms with E-state index in [9.17, 15) is 4.79 Å². The number of carbonyl (C=O) groups excluding carboxylic acids is 1. The predicted molar refractivity (Wildman–Crippen MR) is 72.9 cm³/mol. The van der Waals surface area contributed by atoms with Gasteiger partial charge in [-0.3, -0.25) is 4.79 Å². The molecule has 0 spiro atoms. The van der Waals surface area contributed by atoms with Crippen LogP contribution in [0.2, 0.25) is 5.15 Å². The smallest absolute Gasteiger partial charge is 0.241 e. The van der Waals surface area contributed by atoms with Gasteiger partial charge in [-0.1, -0.05) is 11.6 Å². The fraction of sp³-hybridized carbons (Fsp3) is 0.583. The van der Waals surface area contributed by atoms with E-state index in [4.69, 9.17) is 11.6 Å². The van der Waals surface area contributed by atoms with E-state index in [1.165, 1.54) is 0 Å². The van der Waals surface area contributed by atoms with Gasteiger partial charge in [-0.25, -0.2) is 9.97 Å². The summed E-state index contributed by atoms with van der Waals surface area (Å²) in [5, 5.41) is 3.23. The maximum Gasteiger partial charge on any atom is 0.241 e. The molecule has 0 atom stereocenters. The second kappa shape index (κ2) is 6.54. The molecule has 0 bridgehead atoms. The van der Waals surface area contributed by atoms with E-state index in [1.807, 2.05) is 27.7 Å². The first kappa shape index (κ1) is 14.7. The van der Waals surface area contributed by atoms with Crippen LogP contribution < -0.4 is 5.32 Å². The van der Waals surface area contributed by atoms with E-state index in [0.717, 1.165) is 11.4 Å². The van der Waals surface area contributed by atoms with Crippen LogP contribution in [0.15, 0.2) is 0 Å². The molecular weight excluding hydrogens is 252 g/mol. The first-order valence-corrected chi connectivity index (χ1v) is 6.39. The molecule has 6 heteroatoms. The van der Waals surface area contributed by atoms with Gasteiger partial charge in [0.05, 0.1) is 17.9 Å². The molecule has 18 heavy (non-hydrogen) atoms. The second-order valence-electron chi connectivity index (χ2n) is 3.95. The topological polar surface area (TPSA) is 58.1 Å². The lowest BCUT2D eigenvalue weighted by Crippen LogP contribution is -2.35. The Kier molecular flexibility index (Phi) is 5.34. The fourth-order valence-electron chi connectivity index (χ4n) is 1.54. The lowest BCUT2D eigenvalue weighted by molar-refractivity contribution is -0.128. The van der Waals surface area contributed by atoms with Crippen molar-refractivity contribution in [2.75, 3.05) is 25.0 Å². The van der Waals surface area contributed by atoms with Crippen LogP contribution in [0, 0.1) is 13.8 Å². The highest BCUT2D eigenvalue weighted by Crippen LogP contribution is 2.17. The highest BCUT2D eigenvalue weighted by Gasteiger charge is 2.12. The third kappa shape index (κ3) is 3.57. The summed E-state index contributed by atoms with van der Waals surface area (Å²) in [6.45, 7) is 9.18. The van der Waals surface area contributed by atoms with Crippen molar-refractivity contribution in [2.24, 2.45) is 0 Å². The van der Waals surface area contributed by atoms with Crippen LogP contribution in [0.5, 0.6) is 0 Å². The summed E-state index contributed by atoms with van der Waals surface area (Å²) in [6, 6.07) is 0. The van der Waals surface area contributed by atoms with Gasteiger partial charge in [-0.2, -0.15) is 0 Å². The van der Waals surface area contributed by atoms with Crippen molar-refractivity contribution in [3.05, 3.63) is 16.5 Å². The van der Waals surface area contributed by atoms with Crippen molar-refractivity contribution in [3.8, 4) is 0 Å². The maximum atomic E-state index is 11.8. The molecule has 0 unspecified atom stereocenters. The van der Waals surface area contributed by atoms with Gasteiger partial charge >= 0.3 is 0 Å². The lowest BCUT2D eigenvalue weighted by atomic mass is 10.3. The number of rotatable bonds is 5. The molecule has 1 N–H and O–H groups in total. The molecule has 1 amide bonds. The van der Waals surface area contributed by atoms with E-state index in [1.54, 1.807) is 4.90 Å². The molecule has 0 aliphatic heterocycles. The number of halogens is 1. The van der Waals surface area contributed by atoms with Gasteiger partial charge in [0.2, 0.25) is 5.91 Å². The zero-order chi connectivity index (χ0) is 13.7. The molecule has 1 rings (SSSR count). The average Bonchev–Trinajstić information content (AvgIpc) is 2.33. The zero-order valence-electron chi connectivity index (χ0n) is 11.2. The first-order valence-electron chi connectivity index (χ1n) is 6.01. The number of amides is 1. The molecule has 0 saturated carbocycles. The van der Waals surface area contributed by atoms with E-state index in [2.05, 4.69) is 15.3 Å². The van der Waals surface area contributed by atoms with Crippen molar-refractivity contribution >= 4 is 23.3 Å². The Morgan fingerprint density at radius 2 is 1.78 bits per heavy atom. The Hall–Kier alpha value is -1.36. The molecular formula is C12H19ClN4O. The molecule has 1 aromatic rings. The van der Waals surface area contributed by atoms with Crippen LogP contribution in [-0.2, 0) is 4.79 Å². The third-order valence-electron chi connectivity index (χ3n) is 2.79. The molecule has 100 valence electrons. The molecule has 0 saturated heterocycles. The van der Waals surface area contributed by atoms with Crippen molar-refractivity contribution in [1.82, 2.24) is 14.9 Å². The number of nitrogens with one attached hydrogen (secondary N) is 1. The molecule has 0 aliphatic rings. The summed E-state index contributed by atoms with van der Waals surface area (Å²) >= 11 is 5.97. The molecule has 0 radical (unpaired) electrons. The number of nitrogens with zero attached hydrogens (tertiary/aromatic N) is 3. The molecule has 0 aliphatic carbocycles. The summed E-state index contributed by atoms with van der Waals surface area (Å²) in [5.41, 5.74) is 1.60. The number of hydrogen-bond acceptors (Lipinski definition) is 4. The molecule has 1 aromatic heterocycles. The van der Waals surface area contributed by atoms with Gasteiger partial charge in [0, 0.05) is 13.1 Å². The van der Waals surface area contributed by atoms with Gasteiger partial charge < -0.3 is 10.2 Å². The van der Waals surface area contributed by atoms with Crippen molar-refractivity contribution in [2.45, 2.75) is 27.7 Å². The van der Waals surface area contributed by atoms with Crippen molar-refractivity contribution in [3.63, 3.8) is 0 Å². The summed E-state index contributed by atoms with van der Waals surface area (Å²) in [5.74, 6) is 0.483. The Bertz CT molecular complexity index is 432. The van der Waals surface area contributed by atoms with Crippen molar-refractivity contribution < 1.29 is 4.79 Å². The molecule has 0 fully saturated rings. The van der Waals surface area contributed by atoms with Crippen LogP contribution >= 0.6 is 11.6 Å². The molecule has 5 nitrogen and oxygen atoms in total. The van der Waals surface area contributed by atoms with E-state index in [0.29, 0.717) is 24.1 Å². The minimum absolute atomic E-state index is 0.0242. The van der Waals surface area contributed by atoms with Crippen LogP contribution in [-0.4, -0.2) is 40.4 Å². The first-order chi connectivity index (χ1) is 8.49. The largest absolute Gasteiger partial charge is 0.358 e. The Morgan fingerprint density at radius 3 is 2.33 bits per heavy atom. The Balaban J connectivity index is 2.69. The van der Waals surface area contributed by atoms with E-state index in [-0.39, 0.29) is 12.5 Å². The summed E-state index contributed by atoms with van der Waals surface area (Å²) in [4.78, 5) is 22.0. The number of anilines is 1. The van der Waals surface area contributed by atoms with E-state index < -0.39 is 0 Å². The average molecular weight is 271 g/mol. The summed E-state index contributed by atoms with van der Waals surface area (Å²) in [7, 11) is 0. The van der Waals surface area contributed by atoms with Gasteiger partial charge in [-0.15, -0.1) is 0 Å². The third-order valence-corrected chi connectivity index (χ3v) is 3.05. The van der Waals surface area contributed by atoms with Gasteiger partial charge in [-0.05, 0) is 27.7 Å². The van der Waals surface area contributed by atoms with Crippen LogP contribution in [0.4, 0.5) is 5.82 Å². The number of aromatic nitrogens is 2. The Labute approximate surface area is 113 Å². The van der Waals surface area contributed by atoms with Crippen LogP contribution in [0.1, 0.15) is 25.2 Å². The molecule has 1 heterocycles. The highest BCUT2D eigenvalue weighted by atomic mass is 35.5. The highest BCUT2D eigenvalue weighted by molar-refractivity contribution is 6.31. The summed E-state index contributed by atoms with van der Waals surface area (Å²) in [6.07, 6.45) is 0. The monoisotopic (exact) mass is 270 g/mol. The van der Waals surface area contributed by atoms with Gasteiger partial charge in [0.1, 0.15) is 0 Å².